The van der Waals surface area contributed by atoms with E-state index in [-0.39, 0.29) is 32.5 Å². The third kappa shape index (κ3) is 8.69. The first kappa shape index (κ1) is 45.8. The molecule has 0 atom stereocenters. The summed E-state index contributed by atoms with van der Waals surface area (Å²) in [5.41, 5.74) is 5.16. The first-order chi connectivity index (χ1) is 27.0. The molecule has 0 heterocycles. The van der Waals surface area contributed by atoms with Gasteiger partial charge in [0.1, 0.15) is 17.2 Å². The summed E-state index contributed by atoms with van der Waals surface area (Å²) in [7, 11) is 0. The summed E-state index contributed by atoms with van der Waals surface area (Å²) < 4.78 is 0. The molecule has 0 radical (unpaired) electrons. The third-order valence-corrected chi connectivity index (χ3v) is 12.7. The highest BCUT2D eigenvalue weighted by molar-refractivity contribution is 6.12. The van der Waals surface area contributed by atoms with E-state index < -0.39 is 0 Å². The van der Waals surface area contributed by atoms with Crippen LogP contribution in [0, 0.1) is 0 Å². The molecule has 59 heavy (non-hydrogen) atoms. The minimum atomic E-state index is -0.214. The van der Waals surface area contributed by atoms with Crippen LogP contribution in [0.5, 0.6) is 17.2 Å². The molecule has 0 aliphatic carbocycles. The Hall–Kier alpha value is -4.24. The highest BCUT2D eigenvalue weighted by Gasteiger charge is 2.34. The van der Waals surface area contributed by atoms with Gasteiger partial charge in [0.2, 0.25) is 0 Å². The van der Waals surface area contributed by atoms with Crippen LogP contribution in [0.15, 0.2) is 66.7 Å². The van der Waals surface area contributed by atoms with Crippen LogP contribution in [0.3, 0.4) is 0 Å². The Morgan fingerprint density at radius 1 is 0.356 bits per heavy atom. The lowest BCUT2D eigenvalue weighted by molar-refractivity contribution is 0.391. The Morgan fingerprint density at radius 3 is 1.14 bits per heavy atom. The van der Waals surface area contributed by atoms with E-state index in [2.05, 4.69) is 191 Å². The lowest BCUT2D eigenvalue weighted by Gasteiger charge is -2.33. The number of hydrogen-bond donors (Lipinski definition) is 3. The number of phenolic OH excluding ortho intramolecular Hbond substituents is 3. The molecule has 0 aliphatic heterocycles. The fourth-order valence-electron chi connectivity index (χ4n) is 9.85. The van der Waals surface area contributed by atoms with Gasteiger partial charge in [-0.3, -0.25) is 0 Å². The van der Waals surface area contributed by atoms with Crippen LogP contribution in [0.4, 0.5) is 0 Å². The molecule has 0 saturated heterocycles. The summed E-state index contributed by atoms with van der Waals surface area (Å²) in [6, 6.07) is 23.9. The van der Waals surface area contributed by atoms with Crippen LogP contribution in [-0.4, -0.2) is 15.3 Å². The maximum Gasteiger partial charge on any atom is 0.123 e. The van der Waals surface area contributed by atoms with Crippen LogP contribution in [0.2, 0.25) is 0 Å². The minimum absolute atomic E-state index is 0.0546. The van der Waals surface area contributed by atoms with Gasteiger partial charge in [0, 0.05) is 33.4 Å². The average molecular weight is 797 g/mol. The molecule has 0 amide bonds. The maximum atomic E-state index is 11.5. The summed E-state index contributed by atoms with van der Waals surface area (Å²) >= 11 is 0. The predicted molar refractivity (Wildman–Crippen MR) is 259 cm³/mol. The van der Waals surface area contributed by atoms with Crippen molar-refractivity contribution >= 4 is 43.1 Å². The van der Waals surface area contributed by atoms with Gasteiger partial charge in [-0.15, -0.1) is 0 Å². The van der Waals surface area contributed by atoms with E-state index in [9.17, 15) is 15.3 Å². The van der Waals surface area contributed by atoms with E-state index >= 15 is 0 Å². The molecule has 0 aliphatic rings. The van der Waals surface area contributed by atoms with Crippen LogP contribution < -0.4 is 0 Å². The second kappa shape index (κ2) is 15.7. The Bertz CT molecular complexity index is 2420. The Balaban J connectivity index is 0.000000227. The van der Waals surface area contributed by atoms with Crippen molar-refractivity contribution in [1.29, 1.82) is 0 Å². The molecule has 0 spiro atoms. The van der Waals surface area contributed by atoms with Gasteiger partial charge < -0.3 is 15.3 Å². The van der Waals surface area contributed by atoms with Gasteiger partial charge in [-0.2, -0.15) is 0 Å². The van der Waals surface area contributed by atoms with Crippen LogP contribution in [-0.2, 0) is 32.5 Å². The van der Waals surface area contributed by atoms with Crippen LogP contribution in [0.25, 0.3) is 43.1 Å². The fraction of sp³-hybridized carbons (Fsp3) is 0.500. The van der Waals surface area contributed by atoms with Gasteiger partial charge in [-0.25, -0.2) is 0 Å². The van der Waals surface area contributed by atoms with E-state index in [1.165, 1.54) is 21.5 Å². The highest BCUT2D eigenvalue weighted by atomic mass is 16.3. The quantitative estimate of drug-likeness (QED) is 0.147. The van der Waals surface area contributed by atoms with E-state index in [0.29, 0.717) is 17.2 Å². The van der Waals surface area contributed by atoms with Gasteiger partial charge in [-0.05, 0) is 107 Å². The largest absolute Gasteiger partial charge is 0.507 e. The molecule has 318 valence electrons. The SMILES string of the molecule is CC(C)(C)c1cc2c(ccc3c(C(C)(C)C)c(O)c(C(C)(C)C)cc32)c(C(C)(C)C)c1O.CCCC(C)(C)c1cc2c(ccc3ccccc32)c(C(C)(C)CCC)c1O. The predicted octanol–water partition coefficient (Wildman–Crippen LogP) is 16.4. The second-order valence-corrected chi connectivity index (χ2v) is 22.8. The number of hydrogen-bond acceptors (Lipinski definition) is 3. The topological polar surface area (TPSA) is 60.7 Å². The summed E-state index contributed by atoms with van der Waals surface area (Å²) in [4.78, 5) is 0. The molecule has 3 heteroatoms. The number of aromatic hydroxyl groups is 3. The normalized spacial score (nSPS) is 13.4. The van der Waals surface area contributed by atoms with Crippen molar-refractivity contribution in [3.63, 3.8) is 0 Å². The summed E-state index contributed by atoms with van der Waals surface area (Å²) in [5, 5.41) is 43.7. The number of phenols is 3. The van der Waals surface area contributed by atoms with Crippen molar-refractivity contribution in [2.75, 3.05) is 0 Å². The fourth-order valence-corrected chi connectivity index (χ4v) is 9.85. The minimum Gasteiger partial charge on any atom is -0.507 e. The van der Waals surface area contributed by atoms with Crippen molar-refractivity contribution in [2.24, 2.45) is 0 Å². The standard InChI is InChI=1S/C30H42O2.C26H34O/c1-27(2,3)21-15-19-17(23(25(21)31)29(7,8)9)13-14-18-20(19)16-22(28(4,5)6)26(32)24(18)30(10,11)12;1-7-15-25(3,4)22-17-21-19-12-10-9-11-18(19)13-14-20(21)23(24(22)27)26(5,6)16-8-2/h13-16,31-32H,1-12H3;9-14,17,27H,7-8,15-16H2,1-6H3. The Labute approximate surface area is 357 Å². The zero-order chi connectivity index (χ0) is 44.4. The van der Waals surface area contributed by atoms with Gasteiger partial charge in [0.15, 0.2) is 0 Å². The number of rotatable bonds is 6. The molecular formula is C56H76O3. The Morgan fingerprint density at radius 2 is 0.712 bits per heavy atom. The van der Waals surface area contributed by atoms with Crippen molar-refractivity contribution in [1.82, 2.24) is 0 Å². The summed E-state index contributed by atoms with van der Waals surface area (Å²) in [6.07, 6.45) is 4.32. The first-order valence-corrected chi connectivity index (χ1v) is 22.2. The van der Waals surface area contributed by atoms with E-state index in [0.717, 1.165) is 80.6 Å². The molecule has 6 rings (SSSR count). The van der Waals surface area contributed by atoms with Gasteiger partial charge >= 0.3 is 0 Å². The average Bonchev–Trinajstić information content (AvgIpc) is 3.08. The Kier molecular flexibility index (Phi) is 12.2. The highest BCUT2D eigenvalue weighted by Crippen LogP contribution is 2.50. The lowest BCUT2D eigenvalue weighted by atomic mass is 9.72. The van der Waals surface area contributed by atoms with E-state index in [1.54, 1.807) is 0 Å². The molecule has 6 aromatic rings. The maximum absolute atomic E-state index is 11.5. The molecule has 6 aromatic carbocycles. The van der Waals surface area contributed by atoms with Crippen molar-refractivity contribution in [3.8, 4) is 17.2 Å². The molecule has 0 aromatic heterocycles. The van der Waals surface area contributed by atoms with Crippen molar-refractivity contribution in [3.05, 3.63) is 100 Å². The van der Waals surface area contributed by atoms with Gasteiger partial charge in [-0.1, -0.05) is 186 Å². The van der Waals surface area contributed by atoms with E-state index in [1.807, 2.05) is 0 Å². The first-order valence-electron chi connectivity index (χ1n) is 22.2. The van der Waals surface area contributed by atoms with Crippen molar-refractivity contribution in [2.45, 2.75) is 183 Å². The summed E-state index contributed by atoms with van der Waals surface area (Å²) in [6.45, 7) is 39.4. The molecule has 0 bridgehead atoms. The monoisotopic (exact) mass is 797 g/mol. The smallest absolute Gasteiger partial charge is 0.123 e. The van der Waals surface area contributed by atoms with E-state index in [4.69, 9.17) is 0 Å². The third-order valence-electron chi connectivity index (χ3n) is 12.7. The van der Waals surface area contributed by atoms with Crippen LogP contribution in [0.1, 0.15) is 184 Å². The zero-order valence-corrected chi connectivity index (χ0v) is 40.0. The zero-order valence-electron chi connectivity index (χ0n) is 40.0. The number of benzene rings is 6. The second-order valence-electron chi connectivity index (χ2n) is 22.8. The van der Waals surface area contributed by atoms with Gasteiger partial charge in [0.25, 0.3) is 0 Å². The van der Waals surface area contributed by atoms with Crippen molar-refractivity contribution < 1.29 is 15.3 Å². The van der Waals surface area contributed by atoms with Gasteiger partial charge in [0.05, 0.1) is 0 Å². The number of fused-ring (bicyclic) bond motifs is 6. The molecular weight excluding hydrogens is 721 g/mol. The molecule has 0 fully saturated rings. The molecule has 0 unspecified atom stereocenters. The molecule has 3 nitrogen and oxygen atoms in total. The molecule has 0 saturated carbocycles. The summed E-state index contributed by atoms with van der Waals surface area (Å²) in [5.74, 6) is 1.32. The molecule has 3 N–H and O–H groups in total. The van der Waals surface area contributed by atoms with Crippen LogP contribution >= 0.6 is 0 Å². The lowest BCUT2D eigenvalue weighted by Crippen LogP contribution is -2.22.